The molecule has 2 nitrogen and oxygen atoms in total. The average Bonchev–Trinajstić information content (AvgIpc) is 2.37. The summed E-state index contributed by atoms with van der Waals surface area (Å²) in [6, 6.07) is 0. The molecule has 2 bridgehead atoms. The Kier molecular flexibility index (Phi) is 5.65. The number of aliphatic hydroxyl groups is 1. The van der Waals surface area contributed by atoms with Gasteiger partial charge < -0.3 is 9.84 Å². The summed E-state index contributed by atoms with van der Waals surface area (Å²) < 4.78 is 6.06. The van der Waals surface area contributed by atoms with Crippen LogP contribution in [0.5, 0.6) is 0 Å². The van der Waals surface area contributed by atoms with Crippen molar-refractivity contribution in [3.8, 4) is 0 Å². The predicted octanol–water partition coefficient (Wildman–Crippen LogP) is 5.18. The molecule has 3 atom stereocenters. The van der Waals surface area contributed by atoms with E-state index in [1.807, 2.05) is 0 Å². The minimum atomic E-state index is -0.0289. The molecule has 1 N–H and O–H groups in total. The summed E-state index contributed by atoms with van der Waals surface area (Å²) in [5, 5.41) is 9.71. The molecule has 2 saturated heterocycles. The monoisotopic (exact) mass is 310 g/mol. The minimum absolute atomic E-state index is 0.0289. The molecular formula is C20H38O2. The summed E-state index contributed by atoms with van der Waals surface area (Å²) >= 11 is 0. The Morgan fingerprint density at radius 3 is 1.95 bits per heavy atom. The molecule has 0 amide bonds. The van der Waals surface area contributed by atoms with Crippen LogP contribution in [0.1, 0.15) is 86.5 Å². The zero-order valence-electron chi connectivity index (χ0n) is 15.7. The number of hydrogen-bond donors (Lipinski definition) is 1. The second-order valence-corrected chi connectivity index (χ2v) is 9.32. The van der Waals surface area contributed by atoms with Crippen molar-refractivity contribution in [3.05, 3.63) is 0 Å². The van der Waals surface area contributed by atoms with Gasteiger partial charge >= 0.3 is 0 Å². The highest BCUT2D eigenvalue weighted by molar-refractivity contribution is 4.97. The summed E-state index contributed by atoms with van der Waals surface area (Å²) in [6.07, 6.45) is 8.83. The van der Waals surface area contributed by atoms with Gasteiger partial charge in [-0.1, -0.05) is 27.2 Å². The third kappa shape index (κ3) is 4.26. The largest absolute Gasteiger partial charge is 0.393 e. The van der Waals surface area contributed by atoms with Crippen LogP contribution in [0.25, 0.3) is 0 Å². The number of fused-ring (bicyclic) bond motifs is 3. The van der Waals surface area contributed by atoms with Crippen LogP contribution in [0.3, 0.4) is 0 Å². The second-order valence-electron chi connectivity index (χ2n) is 9.32. The zero-order chi connectivity index (χ0) is 16.5. The average molecular weight is 311 g/mol. The van der Waals surface area contributed by atoms with Gasteiger partial charge in [-0.15, -0.1) is 0 Å². The van der Waals surface area contributed by atoms with E-state index < -0.39 is 0 Å². The Labute approximate surface area is 138 Å². The van der Waals surface area contributed by atoms with Crippen molar-refractivity contribution >= 4 is 0 Å². The van der Waals surface area contributed by atoms with Gasteiger partial charge in [-0.2, -0.15) is 0 Å². The lowest BCUT2D eigenvalue weighted by atomic mass is 9.69. The van der Waals surface area contributed by atoms with Gasteiger partial charge in [0.2, 0.25) is 0 Å². The fraction of sp³-hybridized carbons (Fsp3) is 1.00. The van der Waals surface area contributed by atoms with Gasteiger partial charge in [-0.3, -0.25) is 0 Å². The van der Waals surface area contributed by atoms with Crippen molar-refractivity contribution in [3.63, 3.8) is 0 Å². The number of aliphatic hydroxyl groups excluding tert-OH is 1. The van der Waals surface area contributed by atoms with Gasteiger partial charge in [0.25, 0.3) is 0 Å². The maximum absolute atomic E-state index is 9.71. The number of ether oxygens (including phenoxy) is 1. The summed E-state index contributed by atoms with van der Waals surface area (Å²) in [5.41, 5.74) is 0.378. The third-order valence-electron chi connectivity index (χ3n) is 6.52. The molecule has 3 unspecified atom stereocenters. The second kappa shape index (κ2) is 6.81. The van der Waals surface area contributed by atoms with Crippen LogP contribution in [0.15, 0.2) is 0 Å². The van der Waals surface area contributed by atoms with E-state index in [2.05, 4.69) is 41.5 Å². The summed E-state index contributed by atoms with van der Waals surface area (Å²) in [4.78, 5) is 0. The molecule has 4 aliphatic rings. The van der Waals surface area contributed by atoms with Gasteiger partial charge in [0.15, 0.2) is 0 Å². The SMILES string of the molecule is CC12CCC(CC1)C(C)(C)O2.CC1CCC(C(C)C)C(O)C1. The lowest BCUT2D eigenvalue weighted by Crippen LogP contribution is -2.53. The maximum atomic E-state index is 9.71. The van der Waals surface area contributed by atoms with E-state index in [9.17, 15) is 5.11 Å². The van der Waals surface area contributed by atoms with E-state index in [1.165, 1.54) is 38.5 Å². The van der Waals surface area contributed by atoms with Crippen molar-refractivity contribution in [1.29, 1.82) is 0 Å². The lowest BCUT2D eigenvalue weighted by Gasteiger charge is -2.54. The topological polar surface area (TPSA) is 29.5 Å². The smallest absolute Gasteiger partial charge is 0.0662 e. The van der Waals surface area contributed by atoms with Crippen LogP contribution in [-0.4, -0.2) is 22.4 Å². The molecule has 4 rings (SSSR count). The summed E-state index contributed by atoms with van der Waals surface area (Å²) in [7, 11) is 0. The van der Waals surface area contributed by atoms with Crippen LogP contribution in [0.4, 0.5) is 0 Å². The Morgan fingerprint density at radius 1 is 1.00 bits per heavy atom. The Balaban J connectivity index is 0.000000160. The van der Waals surface area contributed by atoms with E-state index in [0.29, 0.717) is 11.8 Å². The van der Waals surface area contributed by atoms with Crippen LogP contribution < -0.4 is 0 Å². The Morgan fingerprint density at radius 2 is 1.59 bits per heavy atom. The highest BCUT2D eigenvalue weighted by Crippen LogP contribution is 2.49. The molecule has 0 spiro atoms. The molecule has 0 aromatic carbocycles. The minimum Gasteiger partial charge on any atom is -0.393 e. The molecule has 0 aromatic heterocycles. The van der Waals surface area contributed by atoms with Crippen molar-refractivity contribution < 1.29 is 9.84 Å². The summed E-state index contributed by atoms with van der Waals surface area (Å²) in [5.74, 6) is 2.77. The van der Waals surface area contributed by atoms with Crippen molar-refractivity contribution in [2.24, 2.45) is 23.7 Å². The van der Waals surface area contributed by atoms with E-state index in [4.69, 9.17) is 4.74 Å². The summed E-state index contributed by atoms with van der Waals surface area (Å²) in [6.45, 7) is 13.4. The third-order valence-corrected chi connectivity index (χ3v) is 6.52. The van der Waals surface area contributed by atoms with Gasteiger partial charge in [-0.25, -0.2) is 0 Å². The fourth-order valence-electron chi connectivity index (χ4n) is 4.90. The first-order valence-electron chi connectivity index (χ1n) is 9.51. The molecule has 0 aromatic rings. The van der Waals surface area contributed by atoms with Crippen LogP contribution in [0, 0.1) is 23.7 Å². The van der Waals surface area contributed by atoms with Crippen molar-refractivity contribution in [2.75, 3.05) is 0 Å². The van der Waals surface area contributed by atoms with E-state index >= 15 is 0 Å². The standard InChI is InChI=1S/C10H18O.C10H20O/c1-9(2)8-4-6-10(3,11-9)7-5-8;1-7(2)9-5-4-8(3)6-10(9)11/h8H,4-7H2,1-3H3;7-11H,4-6H2,1-3H3. The zero-order valence-corrected chi connectivity index (χ0v) is 15.7. The molecule has 2 saturated carbocycles. The molecule has 130 valence electrons. The van der Waals surface area contributed by atoms with Crippen LogP contribution >= 0.6 is 0 Å². The predicted molar refractivity (Wildman–Crippen MR) is 92.9 cm³/mol. The molecule has 4 fully saturated rings. The molecule has 2 aliphatic carbocycles. The van der Waals surface area contributed by atoms with Gasteiger partial charge in [0.05, 0.1) is 17.3 Å². The molecular weight excluding hydrogens is 272 g/mol. The van der Waals surface area contributed by atoms with Crippen molar-refractivity contribution in [2.45, 2.75) is 104 Å². The van der Waals surface area contributed by atoms with Crippen LogP contribution in [-0.2, 0) is 4.74 Å². The molecule has 22 heavy (non-hydrogen) atoms. The molecule has 2 aliphatic heterocycles. The quantitative estimate of drug-likeness (QED) is 0.722. The van der Waals surface area contributed by atoms with Gasteiger partial charge in [-0.05, 0) is 83.0 Å². The van der Waals surface area contributed by atoms with Crippen molar-refractivity contribution in [1.82, 2.24) is 0 Å². The molecule has 2 heterocycles. The molecule has 0 radical (unpaired) electrons. The first-order chi connectivity index (χ1) is 10.1. The number of hydrogen-bond acceptors (Lipinski definition) is 2. The Hall–Kier alpha value is -0.0800. The normalized spacial score (nSPS) is 43.6. The lowest BCUT2D eigenvalue weighted by molar-refractivity contribution is -0.229. The van der Waals surface area contributed by atoms with Gasteiger partial charge in [0, 0.05) is 0 Å². The maximum Gasteiger partial charge on any atom is 0.0662 e. The first kappa shape index (κ1) is 18.3. The van der Waals surface area contributed by atoms with E-state index in [0.717, 1.165) is 18.3 Å². The fourth-order valence-corrected chi connectivity index (χ4v) is 4.90. The van der Waals surface area contributed by atoms with E-state index in [1.54, 1.807) is 0 Å². The number of rotatable bonds is 1. The highest BCUT2D eigenvalue weighted by atomic mass is 16.5. The van der Waals surface area contributed by atoms with Gasteiger partial charge in [0.1, 0.15) is 0 Å². The van der Waals surface area contributed by atoms with E-state index in [-0.39, 0.29) is 17.3 Å². The Bertz CT molecular complexity index is 350. The highest BCUT2D eigenvalue weighted by Gasteiger charge is 2.48. The molecule has 2 heteroatoms. The van der Waals surface area contributed by atoms with Crippen LogP contribution in [0.2, 0.25) is 0 Å². The first-order valence-corrected chi connectivity index (χ1v) is 9.51.